The molecule has 0 unspecified atom stereocenters. The molecule has 7 nitrogen and oxygen atoms in total. The number of rotatable bonds is 4. The maximum atomic E-state index is 13.2. The van der Waals surface area contributed by atoms with Gasteiger partial charge >= 0.3 is 6.09 Å². The third-order valence-electron chi connectivity index (χ3n) is 5.89. The number of benzene rings is 2. The second kappa shape index (κ2) is 9.67. The molecule has 0 aliphatic carbocycles. The standard InChI is InChI=1S/C28H29N3O4/c1-5-12-29-13-11-20-18-22(9-10-24(20)29)25(32)21-7-6-8-23(19-21)26(33)30-14-16-31(17-15-30)27(34)35-28(2,3)4/h1,6-11,13,18-19H,12,14-17H2,2-4H3. The van der Waals surface area contributed by atoms with Crippen LogP contribution in [-0.2, 0) is 11.3 Å². The zero-order valence-electron chi connectivity index (χ0n) is 20.3. The van der Waals surface area contributed by atoms with Crippen molar-refractivity contribution < 1.29 is 19.1 Å². The van der Waals surface area contributed by atoms with E-state index in [0.717, 1.165) is 10.9 Å². The number of carbonyl (C=O) groups excluding carboxylic acids is 3. The summed E-state index contributed by atoms with van der Waals surface area (Å²) < 4.78 is 7.37. The number of aromatic nitrogens is 1. The molecular formula is C28H29N3O4. The van der Waals surface area contributed by atoms with Crippen LogP contribution in [0, 0.1) is 12.3 Å². The molecule has 3 aromatic rings. The Balaban J connectivity index is 1.45. The van der Waals surface area contributed by atoms with E-state index >= 15 is 0 Å². The molecule has 0 bridgehead atoms. The summed E-state index contributed by atoms with van der Waals surface area (Å²) in [5, 5.41) is 0.932. The Kier molecular flexibility index (Phi) is 6.65. The molecule has 1 aliphatic heterocycles. The number of piperazine rings is 1. The average molecular weight is 472 g/mol. The first-order valence-electron chi connectivity index (χ1n) is 11.6. The summed E-state index contributed by atoms with van der Waals surface area (Å²) in [4.78, 5) is 41.9. The molecule has 1 saturated heterocycles. The van der Waals surface area contributed by atoms with E-state index < -0.39 is 5.60 Å². The largest absolute Gasteiger partial charge is 0.444 e. The summed E-state index contributed by atoms with van der Waals surface area (Å²) >= 11 is 0. The molecule has 2 heterocycles. The lowest BCUT2D eigenvalue weighted by molar-refractivity contribution is 0.0141. The molecule has 180 valence electrons. The maximum Gasteiger partial charge on any atom is 0.410 e. The van der Waals surface area contributed by atoms with Gasteiger partial charge in [0.05, 0.1) is 6.54 Å². The Morgan fingerprint density at radius 1 is 0.914 bits per heavy atom. The third kappa shape index (κ3) is 5.38. The molecule has 0 N–H and O–H groups in total. The first kappa shape index (κ1) is 24.1. The first-order chi connectivity index (χ1) is 16.7. The molecule has 4 rings (SSSR count). The molecule has 1 aromatic heterocycles. The van der Waals surface area contributed by atoms with Crippen LogP contribution < -0.4 is 0 Å². The Morgan fingerprint density at radius 3 is 2.26 bits per heavy atom. The fraction of sp³-hybridized carbons (Fsp3) is 0.321. The van der Waals surface area contributed by atoms with Crippen molar-refractivity contribution in [1.82, 2.24) is 14.4 Å². The second-order valence-corrected chi connectivity index (χ2v) is 9.59. The highest BCUT2D eigenvalue weighted by atomic mass is 16.6. The molecule has 0 spiro atoms. The number of hydrogen-bond acceptors (Lipinski definition) is 4. The van der Waals surface area contributed by atoms with Crippen molar-refractivity contribution in [1.29, 1.82) is 0 Å². The Bertz CT molecular complexity index is 1320. The average Bonchev–Trinajstić information content (AvgIpc) is 3.24. The van der Waals surface area contributed by atoms with Gasteiger partial charge in [-0.15, -0.1) is 6.42 Å². The van der Waals surface area contributed by atoms with Crippen LogP contribution in [0.5, 0.6) is 0 Å². The molecule has 2 amide bonds. The minimum atomic E-state index is -0.562. The zero-order valence-corrected chi connectivity index (χ0v) is 20.3. The van der Waals surface area contributed by atoms with Crippen LogP contribution >= 0.6 is 0 Å². The number of ketones is 1. The van der Waals surface area contributed by atoms with Gasteiger partial charge in [-0.3, -0.25) is 9.59 Å². The van der Waals surface area contributed by atoms with Gasteiger partial charge in [-0.05, 0) is 57.2 Å². The van der Waals surface area contributed by atoms with Gasteiger partial charge in [0, 0.05) is 60.0 Å². The summed E-state index contributed by atoms with van der Waals surface area (Å²) in [6.45, 7) is 7.55. The lowest BCUT2D eigenvalue weighted by Crippen LogP contribution is -2.51. The third-order valence-corrected chi connectivity index (χ3v) is 5.89. The van der Waals surface area contributed by atoms with Crippen molar-refractivity contribution >= 4 is 28.7 Å². The maximum absolute atomic E-state index is 13.2. The Labute approximate surface area is 205 Å². The predicted molar refractivity (Wildman–Crippen MR) is 134 cm³/mol. The molecule has 7 heteroatoms. The van der Waals surface area contributed by atoms with Crippen LogP contribution in [0.15, 0.2) is 54.7 Å². The second-order valence-electron chi connectivity index (χ2n) is 9.59. The van der Waals surface area contributed by atoms with E-state index in [2.05, 4.69) is 5.92 Å². The highest BCUT2D eigenvalue weighted by Gasteiger charge is 2.28. The molecule has 0 atom stereocenters. The molecule has 1 aliphatic rings. The van der Waals surface area contributed by atoms with E-state index in [1.807, 2.05) is 49.7 Å². The lowest BCUT2D eigenvalue weighted by atomic mass is 10.00. The number of amides is 2. The first-order valence-corrected chi connectivity index (χ1v) is 11.6. The number of fused-ring (bicyclic) bond motifs is 1. The van der Waals surface area contributed by atoms with Crippen LogP contribution in [0.2, 0.25) is 0 Å². The molecule has 0 radical (unpaired) electrons. The zero-order chi connectivity index (χ0) is 25.2. The summed E-state index contributed by atoms with van der Waals surface area (Å²) in [7, 11) is 0. The van der Waals surface area contributed by atoms with Gasteiger partial charge in [0.15, 0.2) is 5.78 Å². The van der Waals surface area contributed by atoms with Gasteiger partial charge in [-0.1, -0.05) is 18.1 Å². The van der Waals surface area contributed by atoms with Crippen LogP contribution in [0.25, 0.3) is 10.9 Å². The summed E-state index contributed by atoms with van der Waals surface area (Å²) in [5.41, 5.74) is 1.85. The minimum absolute atomic E-state index is 0.152. The quantitative estimate of drug-likeness (QED) is 0.422. The number of carbonyl (C=O) groups is 3. The van der Waals surface area contributed by atoms with Crippen molar-refractivity contribution in [2.24, 2.45) is 0 Å². The molecule has 2 aromatic carbocycles. The topological polar surface area (TPSA) is 71.9 Å². The fourth-order valence-electron chi connectivity index (χ4n) is 4.14. The monoisotopic (exact) mass is 471 g/mol. The molecule has 35 heavy (non-hydrogen) atoms. The van der Waals surface area contributed by atoms with Gasteiger partial charge < -0.3 is 19.1 Å². The number of nitrogens with zero attached hydrogens (tertiary/aromatic N) is 3. The smallest absolute Gasteiger partial charge is 0.410 e. The van der Waals surface area contributed by atoms with Crippen molar-refractivity contribution in [2.75, 3.05) is 26.2 Å². The SMILES string of the molecule is C#CCn1ccc2cc(C(=O)c3cccc(C(=O)N4CCN(C(=O)OC(C)(C)C)CC4)c3)ccc21. The van der Waals surface area contributed by atoms with Gasteiger partial charge in [-0.2, -0.15) is 0 Å². The van der Waals surface area contributed by atoms with Crippen LogP contribution in [0.3, 0.4) is 0 Å². The van der Waals surface area contributed by atoms with Crippen molar-refractivity contribution in [3.63, 3.8) is 0 Å². The van der Waals surface area contributed by atoms with Gasteiger partial charge in [0.2, 0.25) is 0 Å². The van der Waals surface area contributed by atoms with E-state index in [9.17, 15) is 14.4 Å². The summed E-state index contributed by atoms with van der Waals surface area (Å²) in [6, 6.07) is 14.2. The Morgan fingerprint density at radius 2 is 1.57 bits per heavy atom. The van der Waals surface area contributed by atoms with Gasteiger partial charge in [0.1, 0.15) is 5.60 Å². The number of ether oxygens (including phenoxy) is 1. The predicted octanol–water partition coefficient (Wildman–Crippen LogP) is 4.20. The molecule has 0 saturated carbocycles. The van der Waals surface area contributed by atoms with E-state index in [1.54, 1.807) is 40.1 Å². The van der Waals surface area contributed by atoms with Crippen molar-refractivity contribution in [3.8, 4) is 12.3 Å². The van der Waals surface area contributed by atoms with Crippen LogP contribution in [0.1, 0.15) is 47.1 Å². The Hall–Kier alpha value is -4.05. The van der Waals surface area contributed by atoms with E-state index in [0.29, 0.717) is 49.4 Å². The summed E-state index contributed by atoms with van der Waals surface area (Å²) in [6.07, 6.45) is 6.95. The van der Waals surface area contributed by atoms with Crippen LogP contribution in [0.4, 0.5) is 4.79 Å². The number of hydrogen-bond donors (Lipinski definition) is 0. The van der Waals surface area contributed by atoms with Crippen molar-refractivity contribution in [2.45, 2.75) is 32.9 Å². The van der Waals surface area contributed by atoms with Crippen LogP contribution in [-0.4, -0.2) is 63.9 Å². The van der Waals surface area contributed by atoms with Gasteiger partial charge in [-0.25, -0.2) is 4.79 Å². The minimum Gasteiger partial charge on any atom is -0.444 e. The summed E-state index contributed by atoms with van der Waals surface area (Å²) in [5.74, 6) is 2.31. The highest BCUT2D eigenvalue weighted by molar-refractivity contribution is 6.11. The normalized spacial score (nSPS) is 14.0. The van der Waals surface area contributed by atoms with Crippen molar-refractivity contribution in [3.05, 3.63) is 71.4 Å². The van der Waals surface area contributed by atoms with E-state index in [-0.39, 0.29) is 17.8 Å². The lowest BCUT2D eigenvalue weighted by Gasteiger charge is -2.35. The van der Waals surface area contributed by atoms with E-state index in [4.69, 9.17) is 11.2 Å². The highest BCUT2D eigenvalue weighted by Crippen LogP contribution is 2.21. The van der Waals surface area contributed by atoms with Gasteiger partial charge in [0.25, 0.3) is 5.91 Å². The molecule has 1 fully saturated rings. The van der Waals surface area contributed by atoms with E-state index in [1.165, 1.54) is 0 Å². The molecular weight excluding hydrogens is 442 g/mol. The fourth-order valence-corrected chi connectivity index (χ4v) is 4.14. The number of terminal acetylenes is 1.